The fourth-order valence-electron chi connectivity index (χ4n) is 3.55. The number of piperidine rings is 1. The van der Waals surface area contributed by atoms with Crippen molar-refractivity contribution in [3.63, 3.8) is 0 Å². The van der Waals surface area contributed by atoms with Gasteiger partial charge in [0.15, 0.2) is 0 Å². The molecule has 2 aliphatic heterocycles. The molecule has 23 heavy (non-hydrogen) atoms. The normalized spacial score (nSPS) is 19.3. The molecular formula is C19H29N3O. The molecule has 126 valence electrons. The van der Waals surface area contributed by atoms with Crippen LogP contribution < -0.4 is 10.2 Å². The first kappa shape index (κ1) is 16.2. The van der Waals surface area contributed by atoms with Crippen LogP contribution in [0.1, 0.15) is 44.9 Å². The minimum Gasteiger partial charge on any atom is -0.376 e. The molecule has 0 aromatic heterocycles. The van der Waals surface area contributed by atoms with E-state index in [0.29, 0.717) is 6.54 Å². The van der Waals surface area contributed by atoms with Crippen LogP contribution in [-0.2, 0) is 4.79 Å². The first-order valence-corrected chi connectivity index (χ1v) is 9.19. The molecule has 1 aromatic rings. The van der Waals surface area contributed by atoms with Crippen molar-refractivity contribution in [1.82, 2.24) is 4.90 Å². The third-order valence-corrected chi connectivity index (χ3v) is 4.99. The molecule has 2 saturated heterocycles. The number of anilines is 2. The van der Waals surface area contributed by atoms with Gasteiger partial charge in [-0.05, 0) is 56.4 Å². The molecule has 1 N–H and O–H groups in total. The number of benzene rings is 1. The maximum atomic E-state index is 12.3. The lowest BCUT2D eigenvalue weighted by atomic mass is 10.1. The lowest BCUT2D eigenvalue weighted by Crippen LogP contribution is -2.36. The summed E-state index contributed by atoms with van der Waals surface area (Å²) in [4.78, 5) is 16.8. The maximum Gasteiger partial charge on any atom is 0.241 e. The molecule has 0 unspecified atom stereocenters. The summed E-state index contributed by atoms with van der Waals surface area (Å²) in [7, 11) is 0. The first-order chi connectivity index (χ1) is 11.3. The fraction of sp³-hybridized carbons (Fsp3) is 0.632. The highest BCUT2D eigenvalue weighted by Gasteiger charge is 2.15. The van der Waals surface area contributed by atoms with Gasteiger partial charge < -0.3 is 15.1 Å². The van der Waals surface area contributed by atoms with Gasteiger partial charge in [-0.25, -0.2) is 0 Å². The Hall–Kier alpha value is -1.71. The second-order valence-electron chi connectivity index (χ2n) is 6.74. The summed E-state index contributed by atoms with van der Waals surface area (Å²) in [6, 6.07) is 8.54. The van der Waals surface area contributed by atoms with Gasteiger partial charge in [0, 0.05) is 37.6 Å². The van der Waals surface area contributed by atoms with Crippen LogP contribution in [0, 0.1) is 0 Å². The zero-order valence-corrected chi connectivity index (χ0v) is 14.1. The van der Waals surface area contributed by atoms with Crippen LogP contribution in [-0.4, -0.2) is 43.5 Å². The van der Waals surface area contributed by atoms with Gasteiger partial charge in [0.2, 0.25) is 5.91 Å². The van der Waals surface area contributed by atoms with Crippen molar-refractivity contribution >= 4 is 17.3 Å². The highest BCUT2D eigenvalue weighted by Crippen LogP contribution is 2.21. The summed E-state index contributed by atoms with van der Waals surface area (Å²) in [6.07, 6.45) is 8.76. The van der Waals surface area contributed by atoms with Gasteiger partial charge >= 0.3 is 0 Å². The average Bonchev–Trinajstić information content (AvgIpc) is 2.90. The smallest absolute Gasteiger partial charge is 0.241 e. The molecule has 0 aliphatic carbocycles. The molecule has 4 nitrogen and oxygen atoms in total. The Kier molecular flexibility index (Phi) is 5.78. The molecule has 2 aliphatic rings. The predicted molar refractivity (Wildman–Crippen MR) is 96.0 cm³/mol. The van der Waals surface area contributed by atoms with Crippen molar-refractivity contribution in [2.75, 3.05) is 42.9 Å². The topological polar surface area (TPSA) is 35.6 Å². The summed E-state index contributed by atoms with van der Waals surface area (Å²) >= 11 is 0. The van der Waals surface area contributed by atoms with E-state index in [9.17, 15) is 4.79 Å². The summed E-state index contributed by atoms with van der Waals surface area (Å²) in [5.74, 6) is 0.229. The molecule has 4 heteroatoms. The first-order valence-electron chi connectivity index (χ1n) is 9.19. The zero-order valence-electron chi connectivity index (χ0n) is 14.1. The minimum atomic E-state index is 0.229. The third-order valence-electron chi connectivity index (χ3n) is 4.99. The van der Waals surface area contributed by atoms with Crippen LogP contribution in [0.3, 0.4) is 0 Å². The monoisotopic (exact) mass is 315 g/mol. The summed E-state index contributed by atoms with van der Waals surface area (Å²) < 4.78 is 0. The largest absolute Gasteiger partial charge is 0.376 e. The average molecular weight is 315 g/mol. The minimum absolute atomic E-state index is 0.229. The highest BCUT2D eigenvalue weighted by molar-refractivity contribution is 5.81. The molecule has 1 aromatic carbocycles. The zero-order chi connectivity index (χ0) is 15.9. The van der Waals surface area contributed by atoms with Crippen molar-refractivity contribution in [1.29, 1.82) is 0 Å². The number of hydrogen-bond acceptors (Lipinski definition) is 3. The predicted octanol–water partition coefficient (Wildman–Crippen LogP) is 3.49. The molecule has 0 bridgehead atoms. The van der Waals surface area contributed by atoms with Gasteiger partial charge in [0.05, 0.1) is 6.54 Å². The second-order valence-corrected chi connectivity index (χ2v) is 6.74. The molecular weight excluding hydrogens is 286 g/mol. The van der Waals surface area contributed by atoms with Crippen LogP contribution >= 0.6 is 0 Å². The van der Waals surface area contributed by atoms with E-state index in [1.165, 1.54) is 50.9 Å². The van der Waals surface area contributed by atoms with E-state index < -0.39 is 0 Å². The number of nitrogens with zero attached hydrogens (tertiary/aromatic N) is 2. The SMILES string of the molecule is O=C(CNc1ccc(N2CCCCC2)cc1)N1CCCCCC1. The number of carbonyl (C=O) groups is 1. The van der Waals surface area contributed by atoms with Crippen molar-refractivity contribution in [3.8, 4) is 0 Å². The van der Waals surface area contributed by atoms with Gasteiger partial charge in [0.25, 0.3) is 0 Å². The summed E-state index contributed by atoms with van der Waals surface area (Å²) in [6.45, 7) is 4.59. The maximum absolute atomic E-state index is 12.3. The van der Waals surface area contributed by atoms with E-state index >= 15 is 0 Å². The third kappa shape index (κ3) is 4.63. The van der Waals surface area contributed by atoms with Gasteiger partial charge in [-0.3, -0.25) is 4.79 Å². The van der Waals surface area contributed by atoms with E-state index in [0.717, 1.165) is 31.6 Å². The molecule has 3 rings (SSSR count). The number of carbonyl (C=O) groups excluding carboxylic acids is 1. The van der Waals surface area contributed by atoms with Crippen molar-refractivity contribution in [3.05, 3.63) is 24.3 Å². The molecule has 2 heterocycles. The van der Waals surface area contributed by atoms with Gasteiger partial charge in [0.1, 0.15) is 0 Å². The number of rotatable bonds is 4. The van der Waals surface area contributed by atoms with Crippen molar-refractivity contribution in [2.24, 2.45) is 0 Å². The van der Waals surface area contributed by atoms with Gasteiger partial charge in [-0.15, -0.1) is 0 Å². The van der Waals surface area contributed by atoms with Crippen LogP contribution in [0.5, 0.6) is 0 Å². The molecule has 2 fully saturated rings. The van der Waals surface area contributed by atoms with E-state index in [4.69, 9.17) is 0 Å². The quantitative estimate of drug-likeness (QED) is 0.924. The van der Waals surface area contributed by atoms with Gasteiger partial charge in [-0.2, -0.15) is 0 Å². The van der Waals surface area contributed by atoms with Crippen molar-refractivity contribution in [2.45, 2.75) is 44.9 Å². The van der Waals surface area contributed by atoms with E-state index in [-0.39, 0.29) is 5.91 Å². The standard InChI is InChI=1S/C19H29N3O/c23-19(22-14-4-1-2-5-15-22)16-20-17-8-10-18(11-9-17)21-12-6-3-7-13-21/h8-11,20H,1-7,12-16H2. The van der Waals surface area contributed by atoms with Crippen LogP contribution in [0.15, 0.2) is 24.3 Å². The number of likely N-dealkylation sites (tertiary alicyclic amines) is 1. The molecule has 0 atom stereocenters. The number of amides is 1. The summed E-state index contributed by atoms with van der Waals surface area (Å²) in [5, 5.41) is 3.28. The molecule has 0 spiro atoms. The molecule has 0 radical (unpaired) electrons. The Bertz CT molecular complexity index is 486. The fourth-order valence-corrected chi connectivity index (χ4v) is 3.55. The van der Waals surface area contributed by atoms with Crippen LogP contribution in [0.4, 0.5) is 11.4 Å². The number of nitrogens with one attached hydrogen (secondary N) is 1. The number of hydrogen-bond donors (Lipinski definition) is 1. The van der Waals surface area contributed by atoms with E-state index in [1.54, 1.807) is 0 Å². The lowest BCUT2D eigenvalue weighted by molar-refractivity contribution is -0.129. The molecule has 1 amide bonds. The van der Waals surface area contributed by atoms with E-state index in [1.807, 2.05) is 4.90 Å². The Morgan fingerprint density at radius 2 is 1.39 bits per heavy atom. The van der Waals surface area contributed by atoms with E-state index in [2.05, 4.69) is 34.5 Å². The lowest BCUT2D eigenvalue weighted by Gasteiger charge is -2.29. The van der Waals surface area contributed by atoms with Crippen LogP contribution in [0.25, 0.3) is 0 Å². The van der Waals surface area contributed by atoms with Crippen molar-refractivity contribution < 1.29 is 4.79 Å². The highest BCUT2D eigenvalue weighted by atomic mass is 16.2. The Morgan fingerprint density at radius 1 is 0.826 bits per heavy atom. The van der Waals surface area contributed by atoms with Crippen LogP contribution in [0.2, 0.25) is 0 Å². The van der Waals surface area contributed by atoms with Gasteiger partial charge in [-0.1, -0.05) is 12.8 Å². The Balaban J connectivity index is 1.48. The second kappa shape index (κ2) is 8.23. The Morgan fingerprint density at radius 3 is 2.04 bits per heavy atom. The summed E-state index contributed by atoms with van der Waals surface area (Å²) in [5.41, 5.74) is 2.34. The Labute approximate surface area is 139 Å². The molecule has 0 saturated carbocycles.